The smallest absolute Gasteiger partial charge is 0.344 e. The molecule has 5 nitrogen and oxygen atoms in total. The molecule has 7 heteroatoms. The lowest BCUT2D eigenvalue weighted by Gasteiger charge is -2.17. The van der Waals surface area contributed by atoms with Crippen molar-refractivity contribution in [2.75, 3.05) is 6.61 Å². The Labute approximate surface area is 201 Å². The summed E-state index contributed by atoms with van der Waals surface area (Å²) in [7, 11) is 0. The summed E-state index contributed by atoms with van der Waals surface area (Å²) in [6.07, 6.45) is 0. The number of nitrogens with zero attached hydrogens (tertiary/aromatic N) is 2. The zero-order valence-corrected chi connectivity index (χ0v) is 19.3. The number of esters is 1. The van der Waals surface area contributed by atoms with Crippen LogP contribution < -0.4 is 5.56 Å². The molecule has 0 saturated heterocycles. The number of hydrogen-bond donors (Lipinski definition) is 0. The van der Waals surface area contributed by atoms with Crippen LogP contribution >= 0.6 is 23.2 Å². The number of hydrogen-bond acceptors (Lipinski definition) is 4. The Morgan fingerprint density at radius 2 is 1.45 bits per heavy atom. The van der Waals surface area contributed by atoms with Gasteiger partial charge in [-0.15, -0.1) is 0 Å². The molecule has 0 saturated carbocycles. The first-order valence-corrected chi connectivity index (χ1v) is 11.1. The Morgan fingerprint density at radius 1 is 0.879 bits per heavy atom. The highest BCUT2D eigenvalue weighted by molar-refractivity contribution is 6.36. The second-order valence-electron chi connectivity index (χ2n) is 7.21. The van der Waals surface area contributed by atoms with Crippen molar-refractivity contribution in [3.8, 4) is 22.4 Å². The van der Waals surface area contributed by atoms with E-state index in [1.54, 1.807) is 25.1 Å². The van der Waals surface area contributed by atoms with Crippen molar-refractivity contribution in [3.63, 3.8) is 0 Å². The maximum Gasteiger partial charge on any atom is 0.344 e. The third-order valence-electron chi connectivity index (χ3n) is 5.11. The highest BCUT2D eigenvalue weighted by Gasteiger charge is 2.26. The quantitative estimate of drug-likeness (QED) is 0.313. The van der Waals surface area contributed by atoms with Crippen molar-refractivity contribution >= 4 is 29.2 Å². The van der Waals surface area contributed by atoms with E-state index in [2.05, 4.69) is 5.10 Å². The average molecular weight is 479 g/mol. The van der Waals surface area contributed by atoms with Crippen LogP contribution in [0.4, 0.5) is 0 Å². The van der Waals surface area contributed by atoms with Gasteiger partial charge < -0.3 is 4.74 Å². The van der Waals surface area contributed by atoms with E-state index in [0.717, 1.165) is 5.56 Å². The summed E-state index contributed by atoms with van der Waals surface area (Å²) in [5.41, 5.74) is 2.21. The maximum absolute atomic E-state index is 13.6. The van der Waals surface area contributed by atoms with Crippen LogP contribution in [-0.2, 0) is 11.3 Å². The predicted octanol–water partition coefficient (Wildman–Crippen LogP) is 6.11. The molecule has 0 atom stereocenters. The van der Waals surface area contributed by atoms with E-state index in [9.17, 15) is 9.59 Å². The molecule has 1 heterocycles. The van der Waals surface area contributed by atoms with Gasteiger partial charge in [0, 0.05) is 26.7 Å². The van der Waals surface area contributed by atoms with Gasteiger partial charge in [-0.3, -0.25) is 4.79 Å². The number of rotatable bonds is 6. The molecular formula is C26H20Cl2N2O3. The molecule has 1 aromatic heterocycles. The van der Waals surface area contributed by atoms with Gasteiger partial charge >= 0.3 is 5.97 Å². The van der Waals surface area contributed by atoms with E-state index in [0.29, 0.717) is 32.4 Å². The standard InChI is InChI=1S/C26H20Cl2N2O3/c1-2-33-26(32)23-22(17-10-5-3-6-11-17)24(18-12-7-4-8-13-18)29-30(25(23)31)16-19-20(27)14-9-15-21(19)28/h3-15H,2,16H2,1H3. The van der Waals surface area contributed by atoms with E-state index in [4.69, 9.17) is 27.9 Å². The van der Waals surface area contributed by atoms with Gasteiger partial charge in [-0.2, -0.15) is 5.10 Å². The van der Waals surface area contributed by atoms with Crippen LogP contribution in [0.1, 0.15) is 22.8 Å². The molecule has 166 valence electrons. The third-order valence-corrected chi connectivity index (χ3v) is 5.82. The summed E-state index contributed by atoms with van der Waals surface area (Å²) in [6.45, 7) is 1.83. The molecule has 4 rings (SSSR count). The second kappa shape index (κ2) is 10.0. The number of aromatic nitrogens is 2. The van der Waals surface area contributed by atoms with Crippen LogP contribution in [0.3, 0.4) is 0 Å². The van der Waals surface area contributed by atoms with Crippen molar-refractivity contribution in [1.29, 1.82) is 0 Å². The lowest BCUT2D eigenvalue weighted by Crippen LogP contribution is -2.31. The van der Waals surface area contributed by atoms with Crippen LogP contribution in [0.15, 0.2) is 83.7 Å². The lowest BCUT2D eigenvalue weighted by atomic mass is 9.95. The molecular weight excluding hydrogens is 459 g/mol. The van der Waals surface area contributed by atoms with Gasteiger partial charge in [0.15, 0.2) is 0 Å². The molecule has 0 N–H and O–H groups in total. The monoisotopic (exact) mass is 478 g/mol. The van der Waals surface area contributed by atoms with Gasteiger partial charge in [-0.25, -0.2) is 9.48 Å². The van der Waals surface area contributed by atoms with Crippen molar-refractivity contribution in [2.24, 2.45) is 0 Å². The van der Waals surface area contributed by atoms with Gasteiger partial charge in [-0.05, 0) is 24.6 Å². The maximum atomic E-state index is 13.6. The van der Waals surface area contributed by atoms with Gasteiger partial charge in [0.2, 0.25) is 0 Å². The van der Waals surface area contributed by atoms with Crippen LogP contribution in [0, 0.1) is 0 Å². The molecule has 0 aliphatic rings. The number of carbonyl (C=O) groups excluding carboxylic acids is 1. The Morgan fingerprint density at radius 3 is 2.03 bits per heavy atom. The van der Waals surface area contributed by atoms with Gasteiger partial charge in [0.05, 0.1) is 18.8 Å². The summed E-state index contributed by atoms with van der Waals surface area (Å²) in [5, 5.41) is 5.49. The van der Waals surface area contributed by atoms with E-state index in [1.165, 1.54) is 4.68 Å². The zero-order valence-electron chi connectivity index (χ0n) is 17.8. The molecule has 3 aromatic carbocycles. The summed E-state index contributed by atoms with van der Waals surface area (Å²) in [6, 6.07) is 23.7. The molecule has 33 heavy (non-hydrogen) atoms. The molecule has 0 aliphatic heterocycles. The third kappa shape index (κ3) is 4.70. The molecule has 0 radical (unpaired) electrons. The van der Waals surface area contributed by atoms with Crippen molar-refractivity contribution in [1.82, 2.24) is 9.78 Å². The van der Waals surface area contributed by atoms with Gasteiger partial charge in [0.25, 0.3) is 5.56 Å². The topological polar surface area (TPSA) is 61.2 Å². The van der Waals surface area contributed by atoms with Crippen LogP contribution in [-0.4, -0.2) is 22.4 Å². The molecule has 0 unspecified atom stereocenters. The molecule has 4 aromatic rings. The second-order valence-corrected chi connectivity index (χ2v) is 8.03. The predicted molar refractivity (Wildman–Crippen MR) is 131 cm³/mol. The van der Waals surface area contributed by atoms with Gasteiger partial charge in [-0.1, -0.05) is 89.9 Å². The minimum Gasteiger partial charge on any atom is -0.462 e. The Kier molecular flexibility index (Phi) is 6.92. The SMILES string of the molecule is CCOC(=O)c1c(-c2ccccc2)c(-c2ccccc2)nn(Cc2c(Cl)cccc2Cl)c1=O. The first-order valence-electron chi connectivity index (χ1n) is 10.4. The summed E-state index contributed by atoms with van der Waals surface area (Å²) >= 11 is 12.7. The summed E-state index contributed by atoms with van der Waals surface area (Å²) < 4.78 is 6.50. The molecule has 0 bridgehead atoms. The number of halogens is 2. The minimum absolute atomic E-state index is 0.00134. The highest BCUT2D eigenvalue weighted by Crippen LogP contribution is 2.33. The van der Waals surface area contributed by atoms with Crippen molar-refractivity contribution in [3.05, 3.63) is 110 Å². The first-order chi connectivity index (χ1) is 16.0. The number of ether oxygens (including phenoxy) is 1. The highest BCUT2D eigenvalue weighted by atomic mass is 35.5. The van der Waals surface area contributed by atoms with Crippen molar-refractivity contribution in [2.45, 2.75) is 13.5 Å². The summed E-state index contributed by atoms with van der Waals surface area (Å²) in [5.74, 6) is -0.708. The van der Waals surface area contributed by atoms with E-state index >= 15 is 0 Å². The van der Waals surface area contributed by atoms with E-state index in [-0.39, 0.29) is 18.7 Å². The van der Waals surface area contributed by atoms with E-state index < -0.39 is 11.5 Å². The molecule has 0 aliphatic carbocycles. The average Bonchev–Trinajstić information content (AvgIpc) is 2.83. The Hall–Kier alpha value is -3.41. The first kappa shape index (κ1) is 22.8. The largest absolute Gasteiger partial charge is 0.462 e. The van der Waals surface area contributed by atoms with Crippen LogP contribution in [0.5, 0.6) is 0 Å². The zero-order chi connectivity index (χ0) is 23.4. The fourth-order valence-corrected chi connectivity index (χ4v) is 4.10. The molecule has 0 amide bonds. The van der Waals surface area contributed by atoms with Crippen LogP contribution in [0.25, 0.3) is 22.4 Å². The van der Waals surface area contributed by atoms with Gasteiger partial charge in [0.1, 0.15) is 5.56 Å². The molecule has 0 spiro atoms. The van der Waals surface area contributed by atoms with Crippen LogP contribution in [0.2, 0.25) is 10.0 Å². The number of carbonyl (C=O) groups is 1. The lowest BCUT2D eigenvalue weighted by molar-refractivity contribution is 0.0524. The molecule has 0 fully saturated rings. The minimum atomic E-state index is -0.708. The Bertz CT molecular complexity index is 1330. The normalized spacial score (nSPS) is 10.8. The van der Waals surface area contributed by atoms with E-state index in [1.807, 2.05) is 60.7 Å². The Balaban J connectivity index is 2.05. The fourth-order valence-electron chi connectivity index (χ4n) is 3.59. The fraction of sp³-hybridized carbons (Fsp3) is 0.115. The number of benzene rings is 3. The summed E-state index contributed by atoms with van der Waals surface area (Å²) in [4.78, 5) is 26.7. The van der Waals surface area contributed by atoms with Crippen molar-refractivity contribution < 1.29 is 9.53 Å².